The van der Waals surface area contributed by atoms with Crippen molar-refractivity contribution in [1.82, 2.24) is 4.98 Å². The Hall–Kier alpha value is -1.07. The van der Waals surface area contributed by atoms with Gasteiger partial charge < -0.3 is 10.2 Å². The van der Waals surface area contributed by atoms with Crippen molar-refractivity contribution in [3.63, 3.8) is 0 Å². The van der Waals surface area contributed by atoms with Crippen LogP contribution in [-0.4, -0.2) is 32.5 Å². The Morgan fingerprint density at radius 1 is 1.39 bits per heavy atom. The van der Waals surface area contributed by atoms with Crippen molar-refractivity contribution in [3.8, 4) is 0 Å². The van der Waals surface area contributed by atoms with Crippen molar-refractivity contribution < 1.29 is 15.0 Å². The van der Waals surface area contributed by atoms with Crippen LogP contribution in [0.5, 0.6) is 0 Å². The highest BCUT2D eigenvalue weighted by Crippen LogP contribution is 2.33. The quantitative estimate of drug-likeness (QED) is 0.820. The van der Waals surface area contributed by atoms with E-state index in [9.17, 15) is 9.90 Å². The molecule has 5 heteroatoms. The monoisotopic (exact) mass is 267 g/mol. The molecule has 1 aromatic rings. The van der Waals surface area contributed by atoms with E-state index in [1.165, 1.54) is 30.4 Å². The maximum Gasteiger partial charge on any atom is 0.335 e. The number of hydrogen-bond acceptors (Lipinski definition) is 4. The van der Waals surface area contributed by atoms with Crippen molar-refractivity contribution in [3.05, 3.63) is 23.9 Å². The molecule has 4 nitrogen and oxygen atoms in total. The summed E-state index contributed by atoms with van der Waals surface area (Å²) >= 11 is 1.43. The highest BCUT2D eigenvalue weighted by atomic mass is 32.2. The van der Waals surface area contributed by atoms with Gasteiger partial charge in [0, 0.05) is 11.9 Å². The number of thioether (sulfide) groups is 1. The molecule has 2 rings (SSSR count). The van der Waals surface area contributed by atoms with Crippen LogP contribution in [0.25, 0.3) is 0 Å². The maximum absolute atomic E-state index is 10.8. The van der Waals surface area contributed by atoms with Gasteiger partial charge in [0.2, 0.25) is 0 Å². The summed E-state index contributed by atoms with van der Waals surface area (Å²) in [6.07, 6.45) is 6.49. The van der Waals surface area contributed by atoms with Crippen LogP contribution in [0.1, 0.15) is 42.5 Å². The number of aromatic carboxylic acids is 1. The number of aromatic nitrogens is 1. The van der Waals surface area contributed by atoms with E-state index in [-0.39, 0.29) is 5.56 Å². The Kier molecular flexibility index (Phi) is 4.24. The van der Waals surface area contributed by atoms with Gasteiger partial charge >= 0.3 is 5.97 Å². The molecule has 18 heavy (non-hydrogen) atoms. The number of carboxylic acids is 1. The summed E-state index contributed by atoms with van der Waals surface area (Å²) in [5, 5.41) is 19.9. The first kappa shape index (κ1) is 13.4. The topological polar surface area (TPSA) is 70.4 Å². The Labute approximate surface area is 110 Å². The molecule has 0 amide bonds. The number of rotatable bonds is 4. The molecule has 98 valence electrons. The van der Waals surface area contributed by atoms with Gasteiger partial charge in [-0.3, -0.25) is 0 Å². The number of carboxylic acid groups (broad SMARTS) is 1. The van der Waals surface area contributed by atoms with Gasteiger partial charge in [-0.1, -0.05) is 19.3 Å². The first-order valence-electron chi connectivity index (χ1n) is 6.14. The molecule has 0 atom stereocenters. The van der Waals surface area contributed by atoms with Gasteiger partial charge in [-0.25, -0.2) is 9.78 Å². The Morgan fingerprint density at radius 3 is 2.78 bits per heavy atom. The summed E-state index contributed by atoms with van der Waals surface area (Å²) in [5.41, 5.74) is -0.368. The summed E-state index contributed by atoms with van der Waals surface area (Å²) < 4.78 is 0. The standard InChI is InChI=1S/C13H17NO3S/c15-12(16)10-4-7-14-11(8-10)18-9-13(17)5-2-1-3-6-13/h4,7-8,17H,1-3,5-6,9H2,(H,15,16). The molecule has 0 aromatic carbocycles. The third-order valence-corrected chi connectivity index (χ3v) is 4.46. The van der Waals surface area contributed by atoms with Gasteiger partial charge in [0.05, 0.1) is 16.2 Å². The number of carbonyl (C=O) groups is 1. The number of hydrogen-bond donors (Lipinski definition) is 2. The molecule has 0 spiro atoms. The van der Waals surface area contributed by atoms with E-state index in [0.717, 1.165) is 25.7 Å². The van der Waals surface area contributed by atoms with Crippen molar-refractivity contribution in [2.45, 2.75) is 42.7 Å². The zero-order valence-electron chi connectivity index (χ0n) is 10.1. The molecule has 0 aliphatic heterocycles. The van der Waals surface area contributed by atoms with Crippen LogP contribution in [-0.2, 0) is 0 Å². The van der Waals surface area contributed by atoms with E-state index in [1.54, 1.807) is 6.07 Å². The van der Waals surface area contributed by atoms with E-state index >= 15 is 0 Å². The zero-order valence-corrected chi connectivity index (χ0v) is 10.9. The van der Waals surface area contributed by atoms with E-state index in [4.69, 9.17) is 5.11 Å². The minimum atomic E-state index is -0.948. The highest BCUT2D eigenvalue weighted by molar-refractivity contribution is 7.99. The molecule has 1 aromatic heterocycles. The Morgan fingerprint density at radius 2 is 2.11 bits per heavy atom. The molecule has 0 saturated heterocycles. The summed E-state index contributed by atoms with van der Waals surface area (Å²) in [4.78, 5) is 15.0. The summed E-state index contributed by atoms with van der Waals surface area (Å²) in [5.74, 6) is -0.362. The van der Waals surface area contributed by atoms with Crippen LogP contribution in [0.2, 0.25) is 0 Å². The van der Waals surface area contributed by atoms with Gasteiger partial charge in [0.25, 0.3) is 0 Å². The van der Waals surface area contributed by atoms with Gasteiger partial charge in [-0.2, -0.15) is 0 Å². The van der Waals surface area contributed by atoms with Crippen LogP contribution in [0.15, 0.2) is 23.4 Å². The lowest BCUT2D eigenvalue weighted by molar-refractivity contribution is 0.0272. The molecule has 0 unspecified atom stereocenters. The predicted molar refractivity (Wildman–Crippen MR) is 70.0 cm³/mol. The summed E-state index contributed by atoms with van der Waals surface area (Å²) in [6, 6.07) is 3.03. The molecule has 0 radical (unpaired) electrons. The van der Waals surface area contributed by atoms with Crippen LogP contribution < -0.4 is 0 Å². The fraction of sp³-hybridized carbons (Fsp3) is 0.538. The zero-order chi connectivity index (χ0) is 13.0. The van der Waals surface area contributed by atoms with Crippen molar-refractivity contribution in [1.29, 1.82) is 0 Å². The lowest BCUT2D eigenvalue weighted by Crippen LogP contribution is -2.34. The van der Waals surface area contributed by atoms with E-state index in [0.29, 0.717) is 10.8 Å². The van der Waals surface area contributed by atoms with Crippen molar-refractivity contribution >= 4 is 17.7 Å². The van der Waals surface area contributed by atoms with E-state index in [1.807, 2.05) is 0 Å². The third-order valence-electron chi connectivity index (χ3n) is 3.25. The molecule has 1 saturated carbocycles. The van der Waals surface area contributed by atoms with Crippen molar-refractivity contribution in [2.75, 3.05) is 5.75 Å². The van der Waals surface area contributed by atoms with Crippen LogP contribution in [0.4, 0.5) is 0 Å². The molecule has 1 heterocycles. The molecule has 1 aliphatic carbocycles. The summed E-state index contributed by atoms with van der Waals surface area (Å²) in [6.45, 7) is 0. The average molecular weight is 267 g/mol. The fourth-order valence-electron chi connectivity index (χ4n) is 2.18. The SMILES string of the molecule is O=C(O)c1ccnc(SCC2(O)CCCCC2)c1. The molecular formula is C13H17NO3S. The number of aliphatic hydroxyl groups is 1. The lowest BCUT2D eigenvalue weighted by Gasteiger charge is -2.31. The van der Waals surface area contributed by atoms with Gasteiger partial charge in [-0.15, -0.1) is 11.8 Å². The van der Waals surface area contributed by atoms with Gasteiger partial charge in [0.15, 0.2) is 0 Å². The highest BCUT2D eigenvalue weighted by Gasteiger charge is 2.29. The minimum Gasteiger partial charge on any atom is -0.478 e. The second-order valence-corrected chi connectivity index (χ2v) is 5.76. The smallest absolute Gasteiger partial charge is 0.335 e. The number of nitrogens with zero attached hydrogens (tertiary/aromatic N) is 1. The van der Waals surface area contributed by atoms with Crippen molar-refractivity contribution in [2.24, 2.45) is 0 Å². The first-order valence-corrected chi connectivity index (χ1v) is 7.12. The molecule has 2 N–H and O–H groups in total. The lowest BCUT2D eigenvalue weighted by atomic mass is 9.86. The van der Waals surface area contributed by atoms with E-state index in [2.05, 4.69) is 4.98 Å². The minimum absolute atomic E-state index is 0.239. The molecular weight excluding hydrogens is 250 g/mol. The van der Waals surface area contributed by atoms with Crippen LogP contribution in [0, 0.1) is 0 Å². The Balaban J connectivity index is 1.97. The molecule has 1 fully saturated rings. The first-order chi connectivity index (χ1) is 8.59. The van der Waals surface area contributed by atoms with Crippen LogP contribution in [0.3, 0.4) is 0 Å². The largest absolute Gasteiger partial charge is 0.478 e. The second-order valence-electron chi connectivity index (χ2n) is 4.76. The Bertz CT molecular complexity index is 430. The van der Waals surface area contributed by atoms with E-state index < -0.39 is 11.6 Å². The summed E-state index contributed by atoms with van der Waals surface area (Å²) in [7, 11) is 0. The van der Waals surface area contributed by atoms with Gasteiger partial charge in [-0.05, 0) is 25.0 Å². The third kappa shape index (κ3) is 3.46. The average Bonchev–Trinajstić information content (AvgIpc) is 2.38. The fourth-order valence-corrected chi connectivity index (χ4v) is 3.23. The number of pyridine rings is 1. The second kappa shape index (κ2) is 5.71. The van der Waals surface area contributed by atoms with Gasteiger partial charge in [0.1, 0.15) is 0 Å². The molecule has 0 bridgehead atoms. The normalized spacial score (nSPS) is 18.5. The van der Waals surface area contributed by atoms with Crippen LogP contribution >= 0.6 is 11.8 Å². The predicted octanol–water partition coefficient (Wildman–Crippen LogP) is 2.57. The molecule has 1 aliphatic rings. The maximum atomic E-state index is 10.8.